The van der Waals surface area contributed by atoms with Crippen LogP contribution in [0.1, 0.15) is 16.8 Å². The van der Waals surface area contributed by atoms with Gasteiger partial charge in [0.15, 0.2) is 4.77 Å². The standard InChI is InChI=1S/C13H15N3S/c1-9-3-2-4-10-5-6-16(12(9)10)8-11-7-14-13(17)15-11/h2-4,7H,5-6,8H2,1H3,(H2,14,15,17). The van der Waals surface area contributed by atoms with Crippen molar-refractivity contribution in [2.24, 2.45) is 0 Å². The van der Waals surface area contributed by atoms with Gasteiger partial charge in [-0.1, -0.05) is 18.2 Å². The molecule has 0 atom stereocenters. The molecule has 1 aliphatic rings. The van der Waals surface area contributed by atoms with Crippen LogP contribution in [-0.2, 0) is 13.0 Å². The third-order valence-electron chi connectivity index (χ3n) is 3.30. The highest BCUT2D eigenvalue weighted by Gasteiger charge is 2.20. The first-order valence-electron chi connectivity index (χ1n) is 5.84. The van der Waals surface area contributed by atoms with E-state index in [2.05, 4.69) is 40.0 Å². The van der Waals surface area contributed by atoms with Crippen LogP contribution < -0.4 is 4.90 Å². The lowest BCUT2D eigenvalue weighted by atomic mass is 10.1. The highest BCUT2D eigenvalue weighted by atomic mass is 32.1. The molecule has 0 fully saturated rings. The van der Waals surface area contributed by atoms with Crippen molar-refractivity contribution in [2.75, 3.05) is 11.4 Å². The van der Waals surface area contributed by atoms with Gasteiger partial charge in [0.2, 0.25) is 0 Å². The summed E-state index contributed by atoms with van der Waals surface area (Å²) in [4.78, 5) is 8.60. The number of H-pyrrole nitrogens is 2. The number of imidazole rings is 1. The largest absolute Gasteiger partial charge is 0.365 e. The molecule has 88 valence electrons. The van der Waals surface area contributed by atoms with Gasteiger partial charge in [-0.25, -0.2) is 0 Å². The number of fused-ring (bicyclic) bond motifs is 1. The fourth-order valence-corrected chi connectivity index (χ4v) is 2.75. The maximum Gasteiger partial charge on any atom is 0.174 e. The molecule has 0 bridgehead atoms. The summed E-state index contributed by atoms with van der Waals surface area (Å²) in [5.74, 6) is 0. The Balaban J connectivity index is 1.91. The highest BCUT2D eigenvalue weighted by molar-refractivity contribution is 7.71. The Hall–Kier alpha value is -1.55. The van der Waals surface area contributed by atoms with Crippen molar-refractivity contribution in [2.45, 2.75) is 19.9 Å². The molecule has 1 aliphatic heterocycles. The van der Waals surface area contributed by atoms with Gasteiger partial charge in [0.25, 0.3) is 0 Å². The molecule has 0 saturated heterocycles. The molecule has 2 heterocycles. The van der Waals surface area contributed by atoms with Crippen molar-refractivity contribution >= 4 is 17.9 Å². The van der Waals surface area contributed by atoms with Crippen molar-refractivity contribution < 1.29 is 0 Å². The fourth-order valence-electron chi connectivity index (χ4n) is 2.56. The van der Waals surface area contributed by atoms with Crippen LogP contribution in [0.25, 0.3) is 0 Å². The SMILES string of the molecule is Cc1cccc2c1N(Cc1c[nH]c(=S)[nH]1)CC2. The van der Waals surface area contributed by atoms with Crippen molar-refractivity contribution in [3.8, 4) is 0 Å². The van der Waals surface area contributed by atoms with Crippen LogP contribution in [0.4, 0.5) is 5.69 Å². The molecular weight excluding hydrogens is 230 g/mol. The molecule has 2 N–H and O–H groups in total. The Bertz CT molecular complexity index is 597. The van der Waals surface area contributed by atoms with E-state index >= 15 is 0 Å². The Labute approximate surface area is 105 Å². The van der Waals surface area contributed by atoms with Gasteiger partial charge in [-0.2, -0.15) is 0 Å². The summed E-state index contributed by atoms with van der Waals surface area (Å²) in [6.45, 7) is 4.16. The zero-order chi connectivity index (χ0) is 11.8. The normalized spacial score (nSPS) is 14.1. The van der Waals surface area contributed by atoms with Crippen LogP contribution in [0.3, 0.4) is 0 Å². The first-order chi connectivity index (χ1) is 8.24. The lowest BCUT2D eigenvalue weighted by Gasteiger charge is -2.20. The van der Waals surface area contributed by atoms with Gasteiger partial charge in [0.05, 0.1) is 12.2 Å². The van der Waals surface area contributed by atoms with Crippen LogP contribution in [0.15, 0.2) is 24.4 Å². The molecule has 1 aromatic carbocycles. The van der Waals surface area contributed by atoms with Gasteiger partial charge < -0.3 is 14.9 Å². The highest BCUT2D eigenvalue weighted by Crippen LogP contribution is 2.32. The molecule has 0 amide bonds. The molecule has 4 heteroatoms. The average Bonchev–Trinajstić information content (AvgIpc) is 2.88. The lowest BCUT2D eigenvalue weighted by molar-refractivity contribution is 0.817. The zero-order valence-corrected chi connectivity index (χ0v) is 10.6. The van der Waals surface area contributed by atoms with Crippen LogP contribution in [0.5, 0.6) is 0 Å². The number of hydrogen-bond acceptors (Lipinski definition) is 2. The maximum absolute atomic E-state index is 5.05. The minimum atomic E-state index is 0.698. The number of benzene rings is 1. The predicted molar refractivity (Wildman–Crippen MR) is 71.9 cm³/mol. The molecule has 0 saturated carbocycles. The van der Waals surface area contributed by atoms with E-state index in [9.17, 15) is 0 Å². The van der Waals surface area contributed by atoms with E-state index < -0.39 is 0 Å². The summed E-state index contributed by atoms with van der Waals surface area (Å²) in [7, 11) is 0. The van der Waals surface area contributed by atoms with Crippen molar-refractivity contribution in [1.82, 2.24) is 9.97 Å². The molecule has 0 spiro atoms. The summed E-state index contributed by atoms with van der Waals surface area (Å²) in [5, 5.41) is 0. The van der Waals surface area contributed by atoms with Crippen LogP contribution >= 0.6 is 12.2 Å². The number of para-hydroxylation sites is 1. The van der Waals surface area contributed by atoms with Gasteiger partial charge >= 0.3 is 0 Å². The molecule has 3 nitrogen and oxygen atoms in total. The predicted octanol–water partition coefficient (Wildman–Crippen LogP) is 2.94. The van der Waals surface area contributed by atoms with E-state index in [4.69, 9.17) is 12.2 Å². The molecular formula is C13H15N3S. The molecule has 2 aromatic rings. The number of aryl methyl sites for hydroxylation is 1. The molecule has 17 heavy (non-hydrogen) atoms. The number of aromatic nitrogens is 2. The topological polar surface area (TPSA) is 34.8 Å². The quantitative estimate of drug-likeness (QED) is 0.798. The van der Waals surface area contributed by atoms with Gasteiger partial charge in [-0.15, -0.1) is 0 Å². The average molecular weight is 245 g/mol. The van der Waals surface area contributed by atoms with Crippen LogP contribution in [0.2, 0.25) is 0 Å². The monoisotopic (exact) mass is 245 g/mol. The van der Waals surface area contributed by atoms with E-state index in [1.807, 2.05) is 6.20 Å². The minimum absolute atomic E-state index is 0.698. The molecule has 3 rings (SSSR count). The molecule has 0 aliphatic carbocycles. The Kier molecular flexibility index (Phi) is 2.52. The summed E-state index contributed by atoms with van der Waals surface area (Å²) in [6.07, 6.45) is 3.10. The second-order valence-electron chi connectivity index (χ2n) is 4.52. The zero-order valence-electron chi connectivity index (χ0n) is 9.79. The van der Waals surface area contributed by atoms with Gasteiger partial charge in [-0.05, 0) is 36.7 Å². The van der Waals surface area contributed by atoms with E-state index in [1.165, 1.54) is 16.8 Å². The van der Waals surface area contributed by atoms with Crippen molar-refractivity contribution in [1.29, 1.82) is 0 Å². The number of anilines is 1. The maximum atomic E-state index is 5.05. The minimum Gasteiger partial charge on any atom is -0.365 e. The van der Waals surface area contributed by atoms with Gasteiger partial charge in [-0.3, -0.25) is 0 Å². The summed E-state index contributed by atoms with van der Waals surface area (Å²) in [5.41, 5.74) is 5.35. The van der Waals surface area contributed by atoms with Gasteiger partial charge in [0.1, 0.15) is 0 Å². The Morgan fingerprint density at radius 2 is 2.29 bits per heavy atom. The Morgan fingerprint density at radius 1 is 1.41 bits per heavy atom. The van der Waals surface area contributed by atoms with Crippen LogP contribution in [-0.4, -0.2) is 16.5 Å². The van der Waals surface area contributed by atoms with Gasteiger partial charge in [0, 0.05) is 18.4 Å². The lowest BCUT2D eigenvalue weighted by Crippen LogP contribution is -2.20. The first kappa shape index (κ1) is 10.6. The number of nitrogens with zero attached hydrogens (tertiary/aromatic N) is 1. The summed E-state index contributed by atoms with van der Waals surface area (Å²) < 4.78 is 0.698. The fraction of sp³-hybridized carbons (Fsp3) is 0.308. The number of hydrogen-bond donors (Lipinski definition) is 2. The number of nitrogens with one attached hydrogen (secondary N) is 2. The Morgan fingerprint density at radius 3 is 3.06 bits per heavy atom. The molecule has 0 unspecified atom stereocenters. The van der Waals surface area contributed by atoms with Crippen molar-refractivity contribution in [3.05, 3.63) is 46.0 Å². The third-order valence-corrected chi connectivity index (χ3v) is 3.52. The second-order valence-corrected chi connectivity index (χ2v) is 4.93. The summed E-state index contributed by atoms with van der Waals surface area (Å²) >= 11 is 5.05. The first-order valence-corrected chi connectivity index (χ1v) is 6.25. The molecule has 1 aromatic heterocycles. The van der Waals surface area contributed by atoms with E-state index in [0.717, 1.165) is 25.2 Å². The van der Waals surface area contributed by atoms with Crippen molar-refractivity contribution in [3.63, 3.8) is 0 Å². The summed E-state index contributed by atoms with van der Waals surface area (Å²) in [6, 6.07) is 6.54. The van der Waals surface area contributed by atoms with E-state index in [-0.39, 0.29) is 0 Å². The van der Waals surface area contributed by atoms with E-state index in [0.29, 0.717) is 4.77 Å². The smallest absolute Gasteiger partial charge is 0.174 e. The second kappa shape index (κ2) is 4.04. The number of rotatable bonds is 2. The molecule has 0 radical (unpaired) electrons. The third kappa shape index (κ3) is 1.89. The number of aromatic amines is 2. The van der Waals surface area contributed by atoms with E-state index in [1.54, 1.807) is 0 Å². The van der Waals surface area contributed by atoms with Crippen LogP contribution in [0, 0.1) is 11.7 Å².